The maximum Gasteiger partial charge on any atom is 0.228 e. The van der Waals surface area contributed by atoms with Crippen LogP contribution in [0.4, 0.5) is 0 Å². The van der Waals surface area contributed by atoms with E-state index >= 15 is 0 Å². The zero-order valence-electron chi connectivity index (χ0n) is 16.0. The summed E-state index contributed by atoms with van der Waals surface area (Å²) in [5, 5.41) is 9.44. The van der Waals surface area contributed by atoms with Crippen molar-refractivity contribution in [3.8, 4) is 17.2 Å². The molecule has 1 aromatic heterocycles. The summed E-state index contributed by atoms with van der Waals surface area (Å²) < 4.78 is 5.77. The normalized spacial score (nSPS) is 15.0. The fourth-order valence-corrected chi connectivity index (χ4v) is 3.76. The second kappa shape index (κ2) is 7.89. The molecule has 0 unspecified atom stereocenters. The van der Waals surface area contributed by atoms with E-state index in [0.717, 1.165) is 31.5 Å². The highest BCUT2D eigenvalue weighted by atomic mass is 16.4. The lowest BCUT2D eigenvalue weighted by atomic mass is 9.89. The number of hydrogen-bond donors (Lipinski definition) is 1. The molecule has 1 aliphatic rings. The first-order chi connectivity index (χ1) is 13.6. The Bertz CT molecular complexity index is 940. The van der Waals surface area contributed by atoms with Crippen LogP contribution in [0.15, 0.2) is 59.0 Å². The third kappa shape index (κ3) is 3.93. The van der Waals surface area contributed by atoms with Crippen LogP contribution in [0.1, 0.15) is 35.8 Å². The molecule has 0 spiro atoms. The molecule has 4 rings (SSSR count). The number of phenols is 1. The van der Waals surface area contributed by atoms with Gasteiger partial charge in [-0.2, -0.15) is 0 Å². The van der Waals surface area contributed by atoms with Gasteiger partial charge in [-0.1, -0.05) is 30.3 Å². The summed E-state index contributed by atoms with van der Waals surface area (Å²) in [5.41, 5.74) is 2.85. The Labute approximate surface area is 164 Å². The minimum absolute atomic E-state index is 0.0974. The van der Waals surface area contributed by atoms with E-state index in [1.54, 1.807) is 12.1 Å². The van der Waals surface area contributed by atoms with Crippen LogP contribution in [0.25, 0.3) is 11.5 Å². The number of carbonyl (C=O) groups is 1. The topological polar surface area (TPSA) is 66.6 Å². The standard InChI is InChI=1S/C23H24N2O3/c1-16-21(24-23(28-16)19-5-3-2-4-6-19)15-22(27)25-13-11-18(12-14-25)17-7-9-20(26)10-8-17/h2-10,18,26H,11-15H2,1H3. The molecule has 1 N–H and O–H groups in total. The van der Waals surface area contributed by atoms with Crippen LogP contribution in [-0.4, -0.2) is 34.0 Å². The van der Waals surface area contributed by atoms with Gasteiger partial charge in [0.05, 0.1) is 12.1 Å². The lowest BCUT2D eigenvalue weighted by Crippen LogP contribution is -2.38. The molecule has 3 aromatic rings. The van der Waals surface area contributed by atoms with E-state index in [2.05, 4.69) is 4.98 Å². The molecule has 0 atom stereocenters. The molecule has 0 saturated carbocycles. The lowest BCUT2D eigenvalue weighted by molar-refractivity contribution is -0.131. The summed E-state index contributed by atoms with van der Waals surface area (Å²) in [6, 6.07) is 17.1. The van der Waals surface area contributed by atoms with E-state index in [1.165, 1.54) is 5.56 Å². The van der Waals surface area contributed by atoms with Crippen molar-refractivity contribution in [1.29, 1.82) is 0 Å². The summed E-state index contributed by atoms with van der Waals surface area (Å²) in [6.07, 6.45) is 2.14. The van der Waals surface area contributed by atoms with Gasteiger partial charge >= 0.3 is 0 Å². The van der Waals surface area contributed by atoms with Gasteiger partial charge in [-0.3, -0.25) is 4.79 Å². The minimum atomic E-state index is 0.0974. The van der Waals surface area contributed by atoms with Gasteiger partial charge in [0, 0.05) is 18.7 Å². The average molecular weight is 376 g/mol. The van der Waals surface area contributed by atoms with Crippen molar-refractivity contribution in [1.82, 2.24) is 9.88 Å². The fourth-order valence-electron chi connectivity index (χ4n) is 3.76. The Morgan fingerprint density at radius 1 is 1.11 bits per heavy atom. The van der Waals surface area contributed by atoms with Gasteiger partial charge in [0.1, 0.15) is 11.5 Å². The first kappa shape index (κ1) is 18.3. The molecular weight excluding hydrogens is 352 g/mol. The molecule has 5 nitrogen and oxygen atoms in total. The van der Waals surface area contributed by atoms with Gasteiger partial charge in [-0.05, 0) is 55.5 Å². The second-order valence-corrected chi connectivity index (χ2v) is 7.31. The zero-order valence-corrected chi connectivity index (χ0v) is 16.0. The Morgan fingerprint density at radius 3 is 2.46 bits per heavy atom. The van der Waals surface area contributed by atoms with Gasteiger partial charge in [0.25, 0.3) is 0 Å². The van der Waals surface area contributed by atoms with Gasteiger partial charge in [-0.25, -0.2) is 4.98 Å². The maximum absolute atomic E-state index is 12.8. The fraction of sp³-hybridized carbons (Fsp3) is 0.304. The quantitative estimate of drug-likeness (QED) is 0.737. The lowest BCUT2D eigenvalue weighted by Gasteiger charge is -2.32. The molecule has 2 aromatic carbocycles. The van der Waals surface area contributed by atoms with Crippen molar-refractivity contribution in [3.05, 3.63) is 71.6 Å². The highest BCUT2D eigenvalue weighted by Gasteiger charge is 2.25. The number of phenolic OH excluding ortho intramolecular Hbond substituents is 1. The molecule has 1 fully saturated rings. The third-order valence-electron chi connectivity index (χ3n) is 5.44. The van der Waals surface area contributed by atoms with Crippen molar-refractivity contribution in [2.45, 2.75) is 32.1 Å². The van der Waals surface area contributed by atoms with E-state index in [9.17, 15) is 9.90 Å². The largest absolute Gasteiger partial charge is 0.508 e. The monoisotopic (exact) mass is 376 g/mol. The number of rotatable bonds is 4. The second-order valence-electron chi connectivity index (χ2n) is 7.31. The number of benzene rings is 2. The van der Waals surface area contributed by atoms with E-state index in [4.69, 9.17) is 4.42 Å². The van der Waals surface area contributed by atoms with Crippen LogP contribution in [0.5, 0.6) is 5.75 Å². The zero-order chi connectivity index (χ0) is 19.5. The summed E-state index contributed by atoms with van der Waals surface area (Å²) in [6.45, 7) is 3.35. The Kier molecular flexibility index (Phi) is 5.15. The van der Waals surface area contributed by atoms with Gasteiger partial charge in [0.15, 0.2) is 0 Å². The SMILES string of the molecule is Cc1oc(-c2ccccc2)nc1CC(=O)N1CCC(c2ccc(O)cc2)CC1. The highest BCUT2D eigenvalue weighted by Crippen LogP contribution is 2.29. The Balaban J connectivity index is 1.37. The number of piperidine rings is 1. The summed E-state index contributed by atoms with van der Waals surface area (Å²) >= 11 is 0. The highest BCUT2D eigenvalue weighted by molar-refractivity contribution is 5.78. The number of likely N-dealkylation sites (tertiary alicyclic amines) is 1. The summed E-state index contributed by atoms with van der Waals surface area (Å²) in [4.78, 5) is 19.2. The van der Waals surface area contributed by atoms with Crippen molar-refractivity contribution < 1.29 is 14.3 Å². The molecule has 1 aliphatic heterocycles. The number of hydrogen-bond acceptors (Lipinski definition) is 4. The molecule has 28 heavy (non-hydrogen) atoms. The summed E-state index contributed by atoms with van der Waals surface area (Å²) in [5.74, 6) is 2.08. The van der Waals surface area contributed by atoms with Crippen LogP contribution in [0.3, 0.4) is 0 Å². The molecular formula is C23H24N2O3. The first-order valence-electron chi connectivity index (χ1n) is 9.68. The van der Waals surface area contributed by atoms with Crippen molar-refractivity contribution in [3.63, 3.8) is 0 Å². The number of nitrogens with zero attached hydrogens (tertiary/aromatic N) is 2. The predicted molar refractivity (Wildman–Crippen MR) is 107 cm³/mol. The third-order valence-corrected chi connectivity index (χ3v) is 5.44. The molecule has 1 saturated heterocycles. The van der Waals surface area contributed by atoms with Crippen LogP contribution in [0, 0.1) is 6.92 Å². The van der Waals surface area contributed by atoms with E-state index in [1.807, 2.05) is 54.3 Å². The molecule has 0 bridgehead atoms. The molecule has 2 heterocycles. The first-order valence-corrected chi connectivity index (χ1v) is 9.68. The Hall–Kier alpha value is -3.08. The average Bonchev–Trinajstić information content (AvgIpc) is 3.10. The van der Waals surface area contributed by atoms with Crippen LogP contribution >= 0.6 is 0 Å². The maximum atomic E-state index is 12.8. The number of carbonyl (C=O) groups excluding carboxylic acids is 1. The number of aromatic nitrogens is 1. The summed E-state index contributed by atoms with van der Waals surface area (Å²) in [7, 11) is 0. The van der Waals surface area contributed by atoms with E-state index in [0.29, 0.717) is 23.3 Å². The number of aryl methyl sites for hydroxylation is 1. The Morgan fingerprint density at radius 2 is 1.79 bits per heavy atom. The molecule has 5 heteroatoms. The van der Waals surface area contributed by atoms with Crippen LogP contribution in [-0.2, 0) is 11.2 Å². The molecule has 1 amide bonds. The van der Waals surface area contributed by atoms with Crippen molar-refractivity contribution in [2.24, 2.45) is 0 Å². The van der Waals surface area contributed by atoms with Gasteiger partial charge in [-0.15, -0.1) is 0 Å². The molecule has 0 aliphatic carbocycles. The number of aromatic hydroxyl groups is 1. The van der Waals surface area contributed by atoms with Gasteiger partial charge in [0.2, 0.25) is 11.8 Å². The molecule has 0 radical (unpaired) electrons. The minimum Gasteiger partial charge on any atom is -0.508 e. The smallest absolute Gasteiger partial charge is 0.228 e. The molecule has 144 valence electrons. The van der Waals surface area contributed by atoms with Crippen LogP contribution in [0.2, 0.25) is 0 Å². The number of oxazole rings is 1. The van der Waals surface area contributed by atoms with E-state index < -0.39 is 0 Å². The number of amides is 1. The van der Waals surface area contributed by atoms with Gasteiger partial charge < -0.3 is 14.4 Å². The van der Waals surface area contributed by atoms with Crippen molar-refractivity contribution in [2.75, 3.05) is 13.1 Å². The van der Waals surface area contributed by atoms with Crippen LogP contribution < -0.4 is 0 Å². The van der Waals surface area contributed by atoms with Crippen molar-refractivity contribution >= 4 is 5.91 Å². The van der Waals surface area contributed by atoms with E-state index in [-0.39, 0.29) is 18.1 Å². The predicted octanol–water partition coefficient (Wildman–Crippen LogP) is 4.30.